The molecule has 0 atom stereocenters. The minimum Gasteiger partial charge on any atom is -0.367 e. The molecule has 1 aromatic rings. The fourth-order valence-corrected chi connectivity index (χ4v) is 3.41. The van der Waals surface area contributed by atoms with Gasteiger partial charge in [-0.05, 0) is 39.7 Å². The Kier molecular flexibility index (Phi) is 8.75. The van der Waals surface area contributed by atoms with E-state index in [2.05, 4.69) is 51.6 Å². The fourth-order valence-electron chi connectivity index (χ4n) is 2.96. The Balaban J connectivity index is 1.79. The Bertz CT molecular complexity index is 585. The van der Waals surface area contributed by atoms with Crippen LogP contribution in [-0.4, -0.2) is 60.7 Å². The zero-order valence-electron chi connectivity index (χ0n) is 15.9. The number of aliphatic imine (C=N–C) groups is 1. The number of nitrogens with zero attached hydrogens (tertiary/aromatic N) is 3. The molecule has 0 amide bonds. The first kappa shape index (κ1) is 21.1. The van der Waals surface area contributed by atoms with Crippen LogP contribution in [0.1, 0.15) is 33.6 Å². The van der Waals surface area contributed by atoms with Crippen LogP contribution in [0, 0.1) is 0 Å². The van der Waals surface area contributed by atoms with Crippen molar-refractivity contribution in [2.75, 3.05) is 38.0 Å². The molecular weight excluding hydrogens is 371 g/mol. The van der Waals surface area contributed by atoms with Crippen LogP contribution in [0.4, 0.5) is 5.82 Å². The number of hydrogen-bond acceptors (Lipinski definition) is 4. The molecule has 0 radical (unpaired) electrons. The van der Waals surface area contributed by atoms with Crippen molar-refractivity contribution in [3.63, 3.8) is 0 Å². The summed E-state index contributed by atoms with van der Waals surface area (Å²) in [5, 5.41) is 11.1. The van der Waals surface area contributed by atoms with Gasteiger partial charge in [0.25, 0.3) is 0 Å². The van der Waals surface area contributed by atoms with Crippen LogP contribution >= 0.6 is 23.2 Å². The van der Waals surface area contributed by atoms with Crippen molar-refractivity contribution in [3.05, 3.63) is 22.3 Å². The zero-order chi connectivity index (χ0) is 18.9. The van der Waals surface area contributed by atoms with Crippen molar-refractivity contribution in [2.45, 2.75) is 45.7 Å². The van der Waals surface area contributed by atoms with E-state index in [1.165, 1.54) is 0 Å². The Morgan fingerprint density at radius 2 is 2.08 bits per heavy atom. The second kappa shape index (κ2) is 10.8. The summed E-state index contributed by atoms with van der Waals surface area (Å²) in [5.41, 5.74) is 0. The molecule has 3 N–H and O–H groups in total. The molecule has 1 aromatic heterocycles. The van der Waals surface area contributed by atoms with Crippen molar-refractivity contribution in [2.24, 2.45) is 4.99 Å². The Morgan fingerprint density at radius 3 is 2.69 bits per heavy atom. The molecule has 1 aliphatic rings. The molecule has 2 rings (SSSR count). The van der Waals surface area contributed by atoms with Gasteiger partial charge in [0.1, 0.15) is 5.82 Å². The number of pyridine rings is 1. The normalized spacial score (nSPS) is 16.8. The lowest BCUT2D eigenvalue weighted by Gasteiger charge is -2.35. The third-order valence-electron chi connectivity index (χ3n) is 4.43. The average molecular weight is 401 g/mol. The lowest BCUT2D eigenvalue weighted by atomic mass is 10.0. The van der Waals surface area contributed by atoms with Crippen molar-refractivity contribution >= 4 is 35.0 Å². The van der Waals surface area contributed by atoms with Gasteiger partial charge in [0.15, 0.2) is 5.96 Å². The number of hydrogen-bond donors (Lipinski definition) is 3. The van der Waals surface area contributed by atoms with Gasteiger partial charge in [-0.15, -0.1) is 0 Å². The van der Waals surface area contributed by atoms with Gasteiger partial charge in [-0.1, -0.05) is 23.2 Å². The number of halogens is 2. The Labute approximate surface area is 166 Å². The quantitative estimate of drug-likeness (QED) is 0.372. The van der Waals surface area contributed by atoms with Crippen molar-refractivity contribution in [1.29, 1.82) is 0 Å². The van der Waals surface area contributed by atoms with Gasteiger partial charge in [0, 0.05) is 44.5 Å². The van der Waals surface area contributed by atoms with Gasteiger partial charge >= 0.3 is 0 Å². The van der Waals surface area contributed by atoms with Gasteiger partial charge < -0.3 is 20.9 Å². The highest BCUT2D eigenvalue weighted by Crippen LogP contribution is 2.22. The number of rotatable bonds is 7. The highest BCUT2D eigenvalue weighted by Gasteiger charge is 2.21. The number of nitrogens with one attached hydrogen (secondary N) is 3. The first-order valence-corrected chi connectivity index (χ1v) is 10.1. The molecule has 1 aliphatic heterocycles. The van der Waals surface area contributed by atoms with Gasteiger partial charge in [0.2, 0.25) is 0 Å². The number of aromatic nitrogens is 1. The number of anilines is 1. The number of likely N-dealkylation sites (tertiary alicyclic amines) is 1. The number of piperidine rings is 1. The van der Waals surface area contributed by atoms with Crippen LogP contribution in [0.15, 0.2) is 17.3 Å². The maximum Gasteiger partial charge on any atom is 0.191 e. The van der Waals surface area contributed by atoms with E-state index in [0.717, 1.165) is 38.4 Å². The van der Waals surface area contributed by atoms with Gasteiger partial charge in [-0.3, -0.25) is 4.99 Å². The third kappa shape index (κ3) is 6.82. The van der Waals surface area contributed by atoms with Crippen LogP contribution in [-0.2, 0) is 0 Å². The first-order chi connectivity index (χ1) is 12.5. The van der Waals surface area contributed by atoms with Crippen LogP contribution in [0.2, 0.25) is 10.0 Å². The molecule has 0 bridgehead atoms. The summed E-state index contributed by atoms with van der Waals surface area (Å²) in [6.07, 6.45) is 3.87. The van der Waals surface area contributed by atoms with E-state index in [-0.39, 0.29) is 0 Å². The van der Waals surface area contributed by atoms with E-state index in [1.54, 1.807) is 12.3 Å². The second-order valence-electron chi connectivity index (χ2n) is 6.72. The summed E-state index contributed by atoms with van der Waals surface area (Å²) in [6.45, 7) is 11.0. The molecule has 2 heterocycles. The van der Waals surface area contributed by atoms with Crippen LogP contribution in [0.25, 0.3) is 0 Å². The summed E-state index contributed by atoms with van der Waals surface area (Å²) >= 11 is 12.0. The molecule has 0 aliphatic carbocycles. The van der Waals surface area contributed by atoms with Crippen molar-refractivity contribution in [1.82, 2.24) is 20.5 Å². The minimum absolute atomic E-state index is 0.475. The number of guanidine groups is 1. The maximum absolute atomic E-state index is 6.11. The second-order valence-corrected chi connectivity index (χ2v) is 7.56. The largest absolute Gasteiger partial charge is 0.367 e. The summed E-state index contributed by atoms with van der Waals surface area (Å²) in [7, 11) is 0. The fraction of sp³-hybridized carbons (Fsp3) is 0.667. The predicted molar refractivity (Wildman–Crippen MR) is 112 cm³/mol. The first-order valence-electron chi connectivity index (χ1n) is 9.33. The predicted octanol–water partition coefficient (Wildman–Crippen LogP) is 3.23. The minimum atomic E-state index is 0.475. The van der Waals surface area contributed by atoms with E-state index in [9.17, 15) is 0 Å². The lowest BCUT2D eigenvalue weighted by molar-refractivity contribution is 0.167. The molecule has 0 saturated carbocycles. The molecule has 6 nitrogen and oxygen atoms in total. The topological polar surface area (TPSA) is 64.6 Å². The summed E-state index contributed by atoms with van der Waals surface area (Å²) in [4.78, 5) is 11.4. The van der Waals surface area contributed by atoms with Gasteiger partial charge in [-0.25, -0.2) is 4.98 Å². The van der Waals surface area contributed by atoms with Crippen molar-refractivity contribution in [3.8, 4) is 0 Å². The Hall–Kier alpha value is -1.24. The Morgan fingerprint density at radius 1 is 1.35 bits per heavy atom. The molecule has 8 heteroatoms. The van der Waals surface area contributed by atoms with Crippen molar-refractivity contribution < 1.29 is 0 Å². The molecule has 146 valence electrons. The molecular formula is C18H30Cl2N6. The van der Waals surface area contributed by atoms with Gasteiger partial charge in [-0.2, -0.15) is 0 Å². The maximum atomic E-state index is 6.11. The van der Waals surface area contributed by atoms with E-state index in [1.807, 2.05) is 0 Å². The summed E-state index contributed by atoms with van der Waals surface area (Å²) < 4.78 is 0. The molecule has 26 heavy (non-hydrogen) atoms. The summed E-state index contributed by atoms with van der Waals surface area (Å²) in [6, 6.07) is 2.77. The van der Waals surface area contributed by atoms with Crippen LogP contribution < -0.4 is 16.0 Å². The van der Waals surface area contributed by atoms with E-state index in [4.69, 9.17) is 23.2 Å². The van der Waals surface area contributed by atoms with Gasteiger partial charge in [0.05, 0.1) is 16.6 Å². The van der Waals surface area contributed by atoms with E-state index in [0.29, 0.717) is 41.0 Å². The smallest absolute Gasteiger partial charge is 0.191 e. The SMILES string of the molecule is CCNC(=NCCNc1ncc(Cl)cc1Cl)NC1CCN(C(C)C)CC1. The summed E-state index contributed by atoms with van der Waals surface area (Å²) in [5.74, 6) is 1.50. The zero-order valence-corrected chi connectivity index (χ0v) is 17.4. The van der Waals surface area contributed by atoms with E-state index < -0.39 is 0 Å². The van der Waals surface area contributed by atoms with Crippen LogP contribution in [0.3, 0.4) is 0 Å². The molecule has 1 saturated heterocycles. The van der Waals surface area contributed by atoms with Crippen LogP contribution in [0.5, 0.6) is 0 Å². The molecule has 1 fully saturated rings. The highest BCUT2D eigenvalue weighted by molar-refractivity contribution is 6.35. The van der Waals surface area contributed by atoms with E-state index >= 15 is 0 Å². The molecule has 0 unspecified atom stereocenters. The highest BCUT2D eigenvalue weighted by atomic mass is 35.5. The monoisotopic (exact) mass is 400 g/mol. The molecule has 0 spiro atoms. The standard InChI is InChI=1S/C18H30Cl2N6/c1-4-21-18(25-15-5-9-26(10-6-15)13(2)3)23-8-7-22-17-16(20)11-14(19)12-24-17/h11-13,15H,4-10H2,1-3H3,(H,22,24)(H2,21,23,25). The third-order valence-corrected chi connectivity index (χ3v) is 4.92. The lowest BCUT2D eigenvalue weighted by Crippen LogP contribution is -2.50. The average Bonchev–Trinajstić information content (AvgIpc) is 2.60. The molecule has 0 aromatic carbocycles.